The minimum absolute atomic E-state index is 0.000301. The third-order valence-corrected chi connectivity index (χ3v) is 8.16. The van der Waals surface area contributed by atoms with Crippen LogP contribution in [0.4, 0.5) is 22.0 Å². The molecule has 0 unspecified atom stereocenters. The molecule has 11 heteroatoms. The van der Waals surface area contributed by atoms with E-state index < -0.39 is 23.9 Å². The average molecular weight is 544 g/mol. The predicted octanol–water partition coefficient (Wildman–Crippen LogP) is 6.73. The van der Waals surface area contributed by atoms with Crippen molar-refractivity contribution in [2.45, 2.75) is 62.5 Å². The molecule has 2 saturated carbocycles. The minimum Gasteiger partial charge on any atom is -0.354 e. The number of alkyl halides is 5. The van der Waals surface area contributed by atoms with E-state index in [0.717, 1.165) is 5.56 Å². The second kappa shape index (κ2) is 9.24. The van der Waals surface area contributed by atoms with Crippen molar-refractivity contribution in [3.05, 3.63) is 64.5 Å². The number of pyridine rings is 3. The van der Waals surface area contributed by atoms with Crippen molar-refractivity contribution in [1.82, 2.24) is 24.5 Å². The van der Waals surface area contributed by atoms with Gasteiger partial charge in [0.1, 0.15) is 5.69 Å². The fraction of sp³-hybridized carbons (Fsp3) is 0.429. The molecular formula is C28H26F5N5O. The topological polar surface area (TPSA) is 76.5 Å². The largest absolute Gasteiger partial charge is 0.391 e. The van der Waals surface area contributed by atoms with Crippen LogP contribution in [0.5, 0.6) is 0 Å². The van der Waals surface area contributed by atoms with Gasteiger partial charge < -0.3 is 9.55 Å². The third-order valence-electron chi connectivity index (χ3n) is 8.16. The van der Waals surface area contributed by atoms with E-state index in [9.17, 15) is 26.7 Å². The van der Waals surface area contributed by atoms with Crippen LogP contribution in [0.3, 0.4) is 0 Å². The summed E-state index contributed by atoms with van der Waals surface area (Å²) in [6.45, 7) is 0. The maximum Gasteiger partial charge on any atom is 0.391 e. The molecule has 39 heavy (non-hydrogen) atoms. The van der Waals surface area contributed by atoms with Gasteiger partial charge in [0.05, 0.1) is 22.5 Å². The van der Waals surface area contributed by atoms with Crippen molar-refractivity contribution in [3.8, 4) is 22.8 Å². The molecule has 0 spiro atoms. The van der Waals surface area contributed by atoms with Crippen LogP contribution in [0.1, 0.15) is 61.6 Å². The Morgan fingerprint density at radius 1 is 1.00 bits per heavy atom. The summed E-state index contributed by atoms with van der Waals surface area (Å²) in [5, 5.41) is 0.365. The molecule has 4 aromatic heterocycles. The molecular weight excluding hydrogens is 517 g/mol. The average Bonchev–Trinajstić information content (AvgIpc) is 3.31. The predicted molar refractivity (Wildman–Crippen MR) is 135 cm³/mol. The van der Waals surface area contributed by atoms with Crippen LogP contribution in [0.2, 0.25) is 0 Å². The highest BCUT2D eigenvalue weighted by atomic mass is 19.4. The lowest BCUT2D eigenvalue weighted by Crippen LogP contribution is -2.34. The van der Waals surface area contributed by atoms with Crippen LogP contribution in [0.15, 0.2) is 47.8 Å². The number of hydrogen-bond donors (Lipinski definition) is 1. The number of fused-ring (bicyclic) bond motifs is 1. The summed E-state index contributed by atoms with van der Waals surface area (Å²) in [7, 11) is 1.80. The Hall–Kier alpha value is -3.63. The number of hydrogen-bond acceptors (Lipinski definition) is 4. The second-order valence-corrected chi connectivity index (χ2v) is 10.7. The first-order valence-electron chi connectivity index (χ1n) is 12.9. The van der Waals surface area contributed by atoms with E-state index in [1.807, 2.05) is 0 Å². The van der Waals surface area contributed by atoms with Gasteiger partial charge in [-0.15, -0.1) is 0 Å². The van der Waals surface area contributed by atoms with E-state index >= 15 is 0 Å². The van der Waals surface area contributed by atoms with Crippen LogP contribution < -0.4 is 5.43 Å². The first-order chi connectivity index (χ1) is 18.5. The summed E-state index contributed by atoms with van der Waals surface area (Å²) >= 11 is 0. The van der Waals surface area contributed by atoms with Gasteiger partial charge in [-0.1, -0.05) is 0 Å². The Balaban J connectivity index is 1.43. The van der Waals surface area contributed by atoms with Crippen LogP contribution in [-0.4, -0.2) is 36.6 Å². The molecule has 2 aliphatic carbocycles. The highest BCUT2D eigenvalue weighted by Crippen LogP contribution is 2.50. The normalized spacial score (nSPS) is 21.7. The molecule has 4 heterocycles. The lowest BCUT2D eigenvalue weighted by molar-refractivity contribution is -0.182. The van der Waals surface area contributed by atoms with Gasteiger partial charge >= 0.3 is 6.18 Å². The zero-order chi connectivity index (χ0) is 27.5. The van der Waals surface area contributed by atoms with Gasteiger partial charge in [-0.2, -0.15) is 13.2 Å². The number of halogens is 5. The minimum atomic E-state index is -4.24. The summed E-state index contributed by atoms with van der Waals surface area (Å²) in [4.78, 5) is 29.9. The highest BCUT2D eigenvalue weighted by molar-refractivity contribution is 5.92. The smallest absolute Gasteiger partial charge is 0.354 e. The number of aromatic amines is 1. The van der Waals surface area contributed by atoms with Crippen LogP contribution >= 0.6 is 0 Å². The standard InChI is InChI=1S/C28H26F5N5O/c1-38-9-8-35-26(38)25-24-20(6-7-34-25)37-22(11-23(24)39)19-14-36-21(16-12-27(29,30)13-16)10-18(19)15-2-4-17(5-3-15)28(31,32)33/h6-11,14-17H,2-5,12-13H2,1H3,(H,37,39). The van der Waals surface area contributed by atoms with Crippen molar-refractivity contribution in [1.29, 1.82) is 0 Å². The van der Waals surface area contributed by atoms with E-state index in [4.69, 9.17) is 0 Å². The Kier molecular flexibility index (Phi) is 6.07. The zero-order valence-electron chi connectivity index (χ0n) is 21.1. The number of nitrogens with one attached hydrogen (secondary N) is 1. The number of H-pyrrole nitrogens is 1. The maximum absolute atomic E-state index is 13.6. The Morgan fingerprint density at radius 2 is 1.74 bits per heavy atom. The van der Waals surface area contributed by atoms with Crippen molar-refractivity contribution >= 4 is 10.9 Å². The lowest BCUT2D eigenvalue weighted by Gasteiger charge is -2.35. The van der Waals surface area contributed by atoms with Crippen molar-refractivity contribution in [3.63, 3.8) is 0 Å². The first kappa shape index (κ1) is 25.6. The van der Waals surface area contributed by atoms with E-state index in [2.05, 4.69) is 19.9 Å². The van der Waals surface area contributed by atoms with Crippen molar-refractivity contribution in [2.75, 3.05) is 0 Å². The number of imidazole rings is 1. The fourth-order valence-corrected chi connectivity index (χ4v) is 5.98. The zero-order valence-corrected chi connectivity index (χ0v) is 21.1. The Bertz CT molecular complexity index is 1590. The molecule has 6 rings (SSSR count). The van der Waals surface area contributed by atoms with Crippen molar-refractivity contribution in [2.24, 2.45) is 13.0 Å². The molecule has 0 radical (unpaired) electrons. The molecule has 4 aromatic rings. The molecule has 1 N–H and O–H groups in total. The lowest BCUT2D eigenvalue weighted by atomic mass is 9.75. The summed E-state index contributed by atoms with van der Waals surface area (Å²) in [5.74, 6) is -4.15. The van der Waals surface area contributed by atoms with Gasteiger partial charge in [0.15, 0.2) is 11.3 Å². The van der Waals surface area contributed by atoms with Gasteiger partial charge in [-0.05, 0) is 49.3 Å². The summed E-state index contributed by atoms with van der Waals surface area (Å²) in [6.07, 6.45) is 2.30. The molecule has 0 amide bonds. The summed E-state index contributed by atoms with van der Waals surface area (Å²) in [6, 6.07) is 4.89. The van der Waals surface area contributed by atoms with Gasteiger partial charge in [0.2, 0.25) is 5.92 Å². The molecule has 0 bridgehead atoms. The molecule has 0 aromatic carbocycles. The van der Waals surface area contributed by atoms with Gasteiger partial charge in [-0.3, -0.25) is 14.8 Å². The van der Waals surface area contributed by atoms with E-state index in [1.165, 1.54) is 6.07 Å². The number of aromatic nitrogens is 5. The van der Waals surface area contributed by atoms with Crippen LogP contribution in [0.25, 0.3) is 33.7 Å². The maximum atomic E-state index is 13.6. The third kappa shape index (κ3) is 4.72. The molecule has 204 valence electrons. The SMILES string of the molecule is Cn1ccnc1-c1nccc2[nH]c(-c3cnc(C4CC(F)(F)C4)cc3C3CCC(C(F)(F)F)CC3)cc(=O)c12. The number of rotatable bonds is 4. The molecule has 2 fully saturated rings. The quantitative estimate of drug-likeness (QED) is 0.290. The highest BCUT2D eigenvalue weighted by Gasteiger charge is 2.47. The second-order valence-electron chi connectivity index (χ2n) is 10.7. The molecule has 0 atom stereocenters. The first-order valence-corrected chi connectivity index (χ1v) is 12.9. The number of nitrogens with zero attached hydrogens (tertiary/aromatic N) is 4. The molecule has 0 aliphatic heterocycles. The van der Waals surface area contributed by atoms with Crippen molar-refractivity contribution < 1.29 is 22.0 Å². The van der Waals surface area contributed by atoms with Gasteiger partial charge in [0.25, 0.3) is 0 Å². The van der Waals surface area contributed by atoms with Crippen LogP contribution in [-0.2, 0) is 7.05 Å². The summed E-state index contributed by atoms with van der Waals surface area (Å²) in [5.41, 5.74) is 2.98. The Labute approximate surface area is 220 Å². The fourth-order valence-electron chi connectivity index (χ4n) is 5.98. The Morgan fingerprint density at radius 3 is 2.38 bits per heavy atom. The number of aryl methyl sites for hydroxylation is 1. The van der Waals surface area contributed by atoms with E-state index in [0.29, 0.717) is 52.2 Å². The van der Waals surface area contributed by atoms with Crippen LogP contribution in [0, 0.1) is 5.92 Å². The monoisotopic (exact) mass is 543 g/mol. The van der Waals surface area contributed by atoms with Gasteiger partial charge in [0, 0.05) is 67.9 Å². The van der Waals surface area contributed by atoms with E-state index in [1.54, 1.807) is 48.5 Å². The molecule has 6 nitrogen and oxygen atoms in total. The van der Waals surface area contributed by atoms with E-state index in [-0.39, 0.29) is 37.0 Å². The van der Waals surface area contributed by atoms with Gasteiger partial charge in [-0.25, -0.2) is 13.8 Å². The molecule has 2 aliphatic rings. The summed E-state index contributed by atoms with van der Waals surface area (Å²) < 4.78 is 68.9. The molecule has 0 saturated heterocycles.